The lowest BCUT2D eigenvalue weighted by Crippen LogP contribution is -2.27. The number of hydrogen-bond donors (Lipinski definition) is 0. The van der Waals surface area contributed by atoms with E-state index in [2.05, 4.69) is 14.8 Å². The van der Waals surface area contributed by atoms with Crippen molar-refractivity contribution in [3.8, 4) is 0 Å². The Hall–Kier alpha value is -1.39. The molecule has 5 nitrogen and oxygen atoms in total. The maximum absolute atomic E-state index is 11.5. The van der Waals surface area contributed by atoms with Gasteiger partial charge in [-0.1, -0.05) is 0 Å². The van der Waals surface area contributed by atoms with Gasteiger partial charge in [-0.25, -0.2) is 0 Å². The normalized spacial score (nSPS) is 23.9. The van der Waals surface area contributed by atoms with E-state index in [-0.39, 0.29) is 11.9 Å². The summed E-state index contributed by atoms with van der Waals surface area (Å²) >= 11 is 0. The highest BCUT2D eigenvalue weighted by molar-refractivity contribution is 5.72. The Balaban J connectivity index is 1.82. The highest BCUT2D eigenvalue weighted by atomic mass is 16.5. The zero-order chi connectivity index (χ0) is 11.1. The summed E-state index contributed by atoms with van der Waals surface area (Å²) in [5, 5.41) is 8.43. The van der Waals surface area contributed by atoms with Crippen LogP contribution in [0.25, 0.3) is 0 Å². The van der Waals surface area contributed by atoms with E-state index in [0.717, 1.165) is 24.6 Å². The molecular weight excluding hydrogens is 206 g/mol. The molecule has 2 heterocycles. The van der Waals surface area contributed by atoms with Crippen LogP contribution in [0.4, 0.5) is 0 Å². The maximum atomic E-state index is 11.5. The van der Waals surface area contributed by atoms with Gasteiger partial charge in [-0.05, 0) is 19.3 Å². The van der Waals surface area contributed by atoms with E-state index in [1.54, 1.807) is 0 Å². The zero-order valence-electron chi connectivity index (χ0n) is 9.35. The van der Waals surface area contributed by atoms with Crippen molar-refractivity contribution in [1.29, 1.82) is 0 Å². The van der Waals surface area contributed by atoms with Gasteiger partial charge >= 0.3 is 5.97 Å². The van der Waals surface area contributed by atoms with E-state index in [0.29, 0.717) is 12.3 Å². The van der Waals surface area contributed by atoms with Gasteiger partial charge in [0.1, 0.15) is 11.6 Å². The van der Waals surface area contributed by atoms with Crippen LogP contribution in [0, 0.1) is 5.92 Å². The molecule has 1 fully saturated rings. The highest BCUT2D eigenvalue weighted by Gasteiger charge is 2.34. The van der Waals surface area contributed by atoms with Gasteiger partial charge in [-0.15, -0.1) is 10.2 Å². The number of aromatic nitrogens is 3. The lowest BCUT2D eigenvalue weighted by Gasteiger charge is -2.21. The second kappa shape index (κ2) is 3.57. The maximum Gasteiger partial charge on any atom is 0.309 e. The fourth-order valence-electron chi connectivity index (χ4n) is 2.36. The molecule has 0 aromatic carbocycles. The summed E-state index contributed by atoms with van der Waals surface area (Å²) in [5.74, 6) is 2.54. The van der Waals surface area contributed by atoms with E-state index in [4.69, 9.17) is 4.74 Å². The van der Waals surface area contributed by atoms with Crippen LogP contribution >= 0.6 is 0 Å². The largest absolute Gasteiger partial charge is 0.469 e. The van der Waals surface area contributed by atoms with Gasteiger partial charge < -0.3 is 9.30 Å². The molecule has 0 bridgehead atoms. The topological polar surface area (TPSA) is 57.0 Å². The molecule has 3 rings (SSSR count). The number of rotatable bonds is 2. The van der Waals surface area contributed by atoms with Crippen LogP contribution in [0.15, 0.2) is 0 Å². The fourth-order valence-corrected chi connectivity index (χ4v) is 2.36. The predicted molar refractivity (Wildman–Crippen MR) is 55.8 cm³/mol. The van der Waals surface area contributed by atoms with Gasteiger partial charge in [0.25, 0.3) is 0 Å². The van der Waals surface area contributed by atoms with Crippen molar-refractivity contribution >= 4 is 5.97 Å². The molecule has 86 valence electrons. The van der Waals surface area contributed by atoms with Crippen LogP contribution in [0.3, 0.4) is 0 Å². The van der Waals surface area contributed by atoms with E-state index in [1.807, 2.05) is 0 Å². The molecule has 1 aromatic heterocycles. The molecule has 0 saturated heterocycles. The van der Waals surface area contributed by atoms with Crippen LogP contribution in [0.1, 0.15) is 36.8 Å². The first-order valence-corrected chi connectivity index (χ1v) is 5.79. The summed E-state index contributed by atoms with van der Waals surface area (Å²) in [6.45, 7) is 0.855. The molecule has 0 amide bonds. The predicted octanol–water partition coefficient (Wildman–Crippen LogP) is 0.891. The average molecular weight is 221 g/mol. The van der Waals surface area contributed by atoms with Crippen molar-refractivity contribution in [3.63, 3.8) is 0 Å². The van der Waals surface area contributed by atoms with Crippen LogP contribution in [0.5, 0.6) is 0 Å². The Morgan fingerprint density at radius 1 is 1.38 bits per heavy atom. The Kier molecular flexibility index (Phi) is 2.19. The minimum Gasteiger partial charge on any atom is -0.469 e. The van der Waals surface area contributed by atoms with E-state index in [9.17, 15) is 4.79 Å². The third-order valence-electron chi connectivity index (χ3n) is 3.46. The monoisotopic (exact) mass is 221 g/mol. The number of carbonyl (C=O) groups is 1. The number of fused-ring (bicyclic) bond motifs is 1. The molecule has 1 aliphatic carbocycles. The summed E-state index contributed by atoms with van der Waals surface area (Å²) in [7, 11) is 1.44. The number of ether oxygens (including phenoxy) is 1. The summed E-state index contributed by atoms with van der Waals surface area (Å²) in [6, 6.07) is 0. The third kappa shape index (κ3) is 1.50. The third-order valence-corrected chi connectivity index (χ3v) is 3.46. The fraction of sp³-hybridized carbons (Fsp3) is 0.727. The number of carbonyl (C=O) groups excluding carboxylic acids is 1. The molecule has 0 spiro atoms. The molecule has 1 saturated carbocycles. The number of hydrogen-bond acceptors (Lipinski definition) is 4. The lowest BCUT2D eigenvalue weighted by molar-refractivity contribution is -0.146. The van der Waals surface area contributed by atoms with E-state index in [1.165, 1.54) is 20.0 Å². The number of nitrogens with zero attached hydrogens (tertiary/aromatic N) is 3. The van der Waals surface area contributed by atoms with Crippen LogP contribution in [-0.4, -0.2) is 27.8 Å². The molecule has 0 radical (unpaired) electrons. The lowest BCUT2D eigenvalue weighted by atomic mass is 9.98. The van der Waals surface area contributed by atoms with E-state index < -0.39 is 0 Å². The van der Waals surface area contributed by atoms with Gasteiger partial charge in [0.15, 0.2) is 0 Å². The van der Waals surface area contributed by atoms with Gasteiger partial charge in [0.05, 0.1) is 13.0 Å². The van der Waals surface area contributed by atoms with Crippen LogP contribution in [-0.2, 0) is 22.5 Å². The van der Waals surface area contributed by atoms with Gasteiger partial charge in [-0.2, -0.15) is 0 Å². The first-order chi connectivity index (χ1) is 7.79. The second-order valence-corrected chi connectivity index (χ2v) is 4.61. The van der Waals surface area contributed by atoms with Crippen LogP contribution in [0.2, 0.25) is 0 Å². The molecule has 1 unspecified atom stereocenters. The summed E-state index contributed by atoms with van der Waals surface area (Å²) < 4.78 is 6.97. The van der Waals surface area contributed by atoms with Gasteiger partial charge in [-0.3, -0.25) is 4.79 Å². The molecule has 5 heteroatoms. The molecule has 1 aromatic rings. The highest BCUT2D eigenvalue weighted by Crippen LogP contribution is 2.40. The smallest absolute Gasteiger partial charge is 0.309 e. The minimum absolute atomic E-state index is 0.0336. The van der Waals surface area contributed by atoms with Crippen molar-refractivity contribution in [3.05, 3.63) is 11.6 Å². The molecular formula is C11H15N3O2. The van der Waals surface area contributed by atoms with Crippen LogP contribution < -0.4 is 0 Å². The first-order valence-electron chi connectivity index (χ1n) is 5.79. The number of methoxy groups -OCH3 is 1. The first kappa shape index (κ1) is 9.81. The molecule has 16 heavy (non-hydrogen) atoms. The Morgan fingerprint density at radius 2 is 2.19 bits per heavy atom. The number of esters is 1. The zero-order valence-corrected chi connectivity index (χ0v) is 9.35. The average Bonchev–Trinajstić information content (AvgIpc) is 3.08. The SMILES string of the molecule is COC(=O)C1CCn2c(nnc2C2CC2)C1. The minimum atomic E-state index is -0.123. The van der Waals surface area contributed by atoms with Crippen molar-refractivity contribution in [2.45, 2.75) is 38.1 Å². The van der Waals surface area contributed by atoms with Crippen molar-refractivity contribution < 1.29 is 9.53 Å². The Bertz CT molecular complexity index is 423. The summed E-state index contributed by atoms with van der Waals surface area (Å²) in [4.78, 5) is 11.5. The van der Waals surface area contributed by atoms with Crippen molar-refractivity contribution in [1.82, 2.24) is 14.8 Å². The second-order valence-electron chi connectivity index (χ2n) is 4.61. The van der Waals surface area contributed by atoms with E-state index >= 15 is 0 Å². The molecule has 0 N–H and O–H groups in total. The Labute approximate surface area is 93.8 Å². The molecule has 2 aliphatic rings. The van der Waals surface area contributed by atoms with Crippen molar-refractivity contribution in [2.75, 3.05) is 7.11 Å². The molecule has 1 aliphatic heterocycles. The van der Waals surface area contributed by atoms with Gasteiger partial charge in [0, 0.05) is 18.9 Å². The molecule has 1 atom stereocenters. The Morgan fingerprint density at radius 3 is 2.88 bits per heavy atom. The van der Waals surface area contributed by atoms with Crippen molar-refractivity contribution in [2.24, 2.45) is 5.92 Å². The summed E-state index contributed by atoms with van der Waals surface area (Å²) in [5.41, 5.74) is 0. The quantitative estimate of drug-likeness (QED) is 0.696. The standard InChI is InChI=1S/C11H15N3O2/c1-16-11(15)8-4-5-14-9(6-8)12-13-10(14)7-2-3-7/h7-8H,2-6H2,1H3. The summed E-state index contributed by atoms with van der Waals surface area (Å²) in [6.07, 6.45) is 3.99. The van der Waals surface area contributed by atoms with Gasteiger partial charge in [0.2, 0.25) is 0 Å².